The number of aliphatic hydroxyl groups excluding tert-OH is 1. The van der Waals surface area contributed by atoms with Gasteiger partial charge in [0, 0.05) is 11.4 Å². The lowest BCUT2D eigenvalue weighted by molar-refractivity contribution is 0.158. The molecule has 0 saturated carbocycles. The van der Waals surface area contributed by atoms with Gasteiger partial charge < -0.3 is 10.0 Å². The summed E-state index contributed by atoms with van der Waals surface area (Å²) in [5.41, 5.74) is 0. The van der Waals surface area contributed by atoms with Crippen LogP contribution in [0.15, 0.2) is 12.1 Å². The minimum absolute atomic E-state index is 0.440. The fraction of sp³-hybridized carbons (Fsp3) is 0.500. The Kier molecular flexibility index (Phi) is 4.08. The van der Waals surface area contributed by atoms with Gasteiger partial charge in [-0.05, 0) is 32.6 Å². The molecule has 0 aromatic carbocycles. The lowest BCUT2D eigenvalue weighted by atomic mass is 10.2. The number of thiophene rings is 1. The summed E-state index contributed by atoms with van der Waals surface area (Å²) in [7, 11) is 3.95. The highest BCUT2D eigenvalue weighted by Gasteiger charge is 2.10. The van der Waals surface area contributed by atoms with Crippen molar-refractivity contribution in [3.05, 3.63) is 21.9 Å². The summed E-state index contributed by atoms with van der Waals surface area (Å²) in [6.45, 7) is 0.848. The molecule has 0 spiro atoms. The Balaban J connectivity index is 2.52. The van der Waals surface area contributed by atoms with E-state index in [4.69, 9.17) is 5.26 Å². The van der Waals surface area contributed by atoms with Crippen molar-refractivity contribution in [2.24, 2.45) is 0 Å². The zero-order valence-electron chi connectivity index (χ0n) is 8.40. The van der Waals surface area contributed by atoms with Crippen molar-refractivity contribution in [3.63, 3.8) is 0 Å². The minimum Gasteiger partial charge on any atom is -0.388 e. The molecule has 0 fully saturated rings. The van der Waals surface area contributed by atoms with E-state index in [0.29, 0.717) is 11.3 Å². The van der Waals surface area contributed by atoms with Gasteiger partial charge in [-0.25, -0.2) is 0 Å². The van der Waals surface area contributed by atoms with Gasteiger partial charge in [-0.2, -0.15) is 5.26 Å². The van der Waals surface area contributed by atoms with Crippen molar-refractivity contribution in [1.82, 2.24) is 4.90 Å². The van der Waals surface area contributed by atoms with Crippen molar-refractivity contribution in [1.29, 1.82) is 5.26 Å². The van der Waals surface area contributed by atoms with E-state index in [1.165, 1.54) is 11.3 Å². The van der Waals surface area contributed by atoms with E-state index in [-0.39, 0.29) is 0 Å². The van der Waals surface area contributed by atoms with E-state index in [2.05, 4.69) is 6.07 Å². The van der Waals surface area contributed by atoms with Crippen LogP contribution in [-0.4, -0.2) is 30.6 Å². The monoisotopic (exact) mass is 210 g/mol. The van der Waals surface area contributed by atoms with Crippen molar-refractivity contribution < 1.29 is 5.11 Å². The van der Waals surface area contributed by atoms with Crippen molar-refractivity contribution >= 4 is 11.3 Å². The quantitative estimate of drug-likeness (QED) is 0.821. The second kappa shape index (κ2) is 5.11. The van der Waals surface area contributed by atoms with Crippen molar-refractivity contribution in [2.75, 3.05) is 20.6 Å². The van der Waals surface area contributed by atoms with Gasteiger partial charge >= 0.3 is 0 Å². The maximum Gasteiger partial charge on any atom is 0.110 e. The molecule has 0 radical (unpaired) electrons. The second-order valence-electron chi connectivity index (χ2n) is 3.42. The molecule has 0 aliphatic rings. The summed E-state index contributed by atoms with van der Waals surface area (Å²) in [4.78, 5) is 3.56. The largest absolute Gasteiger partial charge is 0.388 e. The van der Waals surface area contributed by atoms with E-state index in [1.54, 1.807) is 6.07 Å². The number of nitrogens with zero attached hydrogens (tertiary/aromatic N) is 2. The molecule has 1 rings (SSSR count). The predicted molar refractivity (Wildman–Crippen MR) is 57.2 cm³/mol. The minimum atomic E-state index is -0.440. The SMILES string of the molecule is CN(C)CCC(O)c1ccc(C#N)s1. The molecule has 0 aliphatic heterocycles. The van der Waals surface area contributed by atoms with Crippen LogP contribution in [0.25, 0.3) is 0 Å². The fourth-order valence-corrected chi connectivity index (χ4v) is 1.94. The number of hydrogen-bond acceptors (Lipinski definition) is 4. The highest BCUT2D eigenvalue weighted by molar-refractivity contribution is 7.12. The van der Waals surface area contributed by atoms with Gasteiger partial charge in [0.05, 0.1) is 6.10 Å². The molecule has 3 nitrogen and oxygen atoms in total. The lowest BCUT2D eigenvalue weighted by Gasteiger charge is -2.12. The van der Waals surface area contributed by atoms with E-state index < -0.39 is 6.10 Å². The number of rotatable bonds is 4. The molecule has 0 saturated heterocycles. The molecule has 0 bridgehead atoms. The van der Waals surface area contributed by atoms with Crippen LogP contribution in [0.1, 0.15) is 22.3 Å². The number of nitriles is 1. The van der Waals surface area contributed by atoms with Gasteiger partial charge in [0.15, 0.2) is 0 Å². The summed E-state index contributed by atoms with van der Waals surface area (Å²) in [6, 6.07) is 5.64. The van der Waals surface area contributed by atoms with E-state index >= 15 is 0 Å². The molecule has 1 heterocycles. The van der Waals surface area contributed by atoms with Crippen molar-refractivity contribution in [2.45, 2.75) is 12.5 Å². The molecule has 14 heavy (non-hydrogen) atoms. The maximum atomic E-state index is 9.75. The molecular weight excluding hydrogens is 196 g/mol. The van der Waals surface area contributed by atoms with Crippen LogP contribution < -0.4 is 0 Å². The molecule has 4 heteroatoms. The Bertz CT molecular complexity index is 327. The third-order valence-electron chi connectivity index (χ3n) is 1.92. The molecule has 1 N–H and O–H groups in total. The zero-order valence-corrected chi connectivity index (χ0v) is 9.21. The van der Waals surface area contributed by atoms with Gasteiger partial charge in [0.25, 0.3) is 0 Å². The first-order valence-electron chi connectivity index (χ1n) is 4.46. The lowest BCUT2D eigenvalue weighted by Crippen LogP contribution is -2.15. The average molecular weight is 210 g/mol. The third kappa shape index (κ3) is 3.11. The van der Waals surface area contributed by atoms with E-state index in [9.17, 15) is 5.11 Å². The van der Waals surface area contributed by atoms with Crippen LogP contribution in [0.5, 0.6) is 0 Å². The zero-order chi connectivity index (χ0) is 10.6. The van der Waals surface area contributed by atoms with E-state index in [0.717, 1.165) is 11.4 Å². The summed E-state index contributed by atoms with van der Waals surface area (Å²) < 4.78 is 0. The van der Waals surface area contributed by atoms with E-state index in [1.807, 2.05) is 25.1 Å². The summed E-state index contributed by atoms with van der Waals surface area (Å²) in [5, 5.41) is 18.4. The third-order valence-corrected chi connectivity index (χ3v) is 3.01. The van der Waals surface area contributed by atoms with Gasteiger partial charge in [0.1, 0.15) is 10.9 Å². The van der Waals surface area contributed by atoms with Gasteiger partial charge in [-0.1, -0.05) is 0 Å². The molecule has 0 aliphatic carbocycles. The van der Waals surface area contributed by atoms with Crippen LogP contribution in [0.3, 0.4) is 0 Å². The molecule has 1 aromatic rings. The molecule has 1 atom stereocenters. The summed E-state index contributed by atoms with van der Waals surface area (Å²) in [5.74, 6) is 0. The second-order valence-corrected chi connectivity index (χ2v) is 4.54. The maximum absolute atomic E-state index is 9.75. The molecule has 76 valence electrons. The Morgan fingerprint density at radius 1 is 1.57 bits per heavy atom. The summed E-state index contributed by atoms with van der Waals surface area (Å²) in [6.07, 6.45) is 0.266. The normalized spacial score (nSPS) is 12.8. The van der Waals surface area contributed by atoms with Crippen LogP contribution in [0.2, 0.25) is 0 Å². The highest BCUT2D eigenvalue weighted by atomic mass is 32.1. The first-order chi connectivity index (χ1) is 6.63. The molecule has 0 amide bonds. The topological polar surface area (TPSA) is 47.3 Å². The Morgan fingerprint density at radius 2 is 2.29 bits per heavy atom. The van der Waals surface area contributed by atoms with Gasteiger partial charge in [-0.3, -0.25) is 0 Å². The average Bonchev–Trinajstić information content (AvgIpc) is 2.62. The predicted octanol–water partition coefficient (Wildman–Crippen LogP) is 1.60. The summed E-state index contributed by atoms with van der Waals surface area (Å²) >= 11 is 1.36. The number of hydrogen-bond donors (Lipinski definition) is 1. The first-order valence-corrected chi connectivity index (χ1v) is 5.27. The molecule has 1 unspecified atom stereocenters. The molecular formula is C10H14N2OS. The molecule has 1 aromatic heterocycles. The smallest absolute Gasteiger partial charge is 0.110 e. The van der Waals surface area contributed by atoms with Gasteiger partial charge in [0.2, 0.25) is 0 Å². The fourth-order valence-electron chi connectivity index (χ4n) is 1.11. The number of aliphatic hydroxyl groups is 1. The van der Waals surface area contributed by atoms with Crippen molar-refractivity contribution in [3.8, 4) is 6.07 Å². The van der Waals surface area contributed by atoms with Crippen LogP contribution >= 0.6 is 11.3 Å². The Morgan fingerprint density at radius 3 is 2.79 bits per heavy atom. The van der Waals surface area contributed by atoms with Gasteiger partial charge in [-0.15, -0.1) is 11.3 Å². The first kappa shape index (κ1) is 11.2. The standard InChI is InChI=1S/C10H14N2OS/c1-12(2)6-5-9(13)10-4-3-8(7-11)14-10/h3-4,9,13H,5-6H2,1-2H3. The Labute approximate surface area is 88.2 Å². The van der Waals surface area contributed by atoms with Crippen LogP contribution in [0, 0.1) is 11.3 Å². The highest BCUT2D eigenvalue weighted by Crippen LogP contribution is 2.24. The van der Waals surface area contributed by atoms with Crippen LogP contribution in [0.4, 0.5) is 0 Å². The van der Waals surface area contributed by atoms with Crippen LogP contribution in [-0.2, 0) is 0 Å². The Hall–Kier alpha value is -0.890.